The highest BCUT2D eigenvalue weighted by molar-refractivity contribution is 5.89. The van der Waals surface area contributed by atoms with E-state index >= 15 is 0 Å². The first-order chi connectivity index (χ1) is 17.7. The summed E-state index contributed by atoms with van der Waals surface area (Å²) in [4.78, 5) is 11.5. The first-order valence-electron chi connectivity index (χ1n) is 11.9. The van der Waals surface area contributed by atoms with Crippen molar-refractivity contribution in [2.24, 2.45) is 5.11 Å². The van der Waals surface area contributed by atoms with E-state index in [0.29, 0.717) is 30.2 Å². The van der Waals surface area contributed by atoms with Crippen LogP contribution in [-0.2, 0) is 17.8 Å². The van der Waals surface area contributed by atoms with Gasteiger partial charge in [-0.15, -0.1) is 0 Å². The highest BCUT2D eigenvalue weighted by Gasteiger charge is 2.20. The molecule has 0 aromatic heterocycles. The molecule has 0 aliphatic rings. The van der Waals surface area contributed by atoms with Crippen LogP contribution in [0.3, 0.4) is 0 Å². The van der Waals surface area contributed by atoms with Gasteiger partial charge in [-0.3, -0.25) is 0 Å². The summed E-state index contributed by atoms with van der Waals surface area (Å²) in [6.07, 6.45) is -0.0100. The van der Waals surface area contributed by atoms with Crippen LogP contribution in [0.15, 0.2) is 71.8 Å². The number of hydrogen-bond acceptors (Lipinski definition) is 9. The lowest BCUT2D eigenvalue weighted by atomic mass is 9.94. The van der Waals surface area contributed by atoms with Crippen molar-refractivity contribution in [3.8, 4) is 11.5 Å². The van der Waals surface area contributed by atoms with Crippen LogP contribution in [0.1, 0.15) is 35.3 Å². The molecular weight excluding hydrogens is 472 g/mol. The van der Waals surface area contributed by atoms with Crippen molar-refractivity contribution in [3.63, 3.8) is 0 Å². The number of nitrogens with zero attached hydrogens (tertiary/aromatic N) is 1. The van der Waals surface area contributed by atoms with Crippen LogP contribution >= 0.6 is 0 Å². The Labute approximate surface area is 217 Å². The molecule has 0 saturated carbocycles. The summed E-state index contributed by atoms with van der Waals surface area (Å²) in [5.41, 5.74) is 16.0. The minimum Gasteiger partial charge on any atom is -0.489 e. The molecule has 3 aromatic carbocycles. The molecule has 1 atom stereocenters. The van der Waals surface area contributed by atoms with E-state index in [4.69, 9.17) is 25.5 Å². The van der Waals surface area contributed by atoms with Crippen molar-refractivity contribution in [2.75, 3.05) is 26.0 Å². The Balaban J connectivity index is 1.44. The van der Waals surface area contributed by atoms with Gasteiger partial charge >= 0.3 is 5.97 Å². The maximum absolute atomic E-state index is 11.5. The lowest BCUT2D eigenvalue weighted by Gasteiger charge is -2.28. The lowest BCUT2D eigenvalue weighted by molar-refractivity contribution is 0.0600. The van der Waals surface area contributed by atoms with Crippen molar-refractivity contribution < 1.29 is 24.1 Å². The summed E-state index contributed by atoms with van der Waals surface area (Å²) < 4.78 is 16.2. The number of ether oxygens (including phenoxy) is 3. The Morgan fingerprint density at radius 1 is 1.05 bits per heavy atom. The molecular formula is C28H34N4O5. The second-order valence-electron chi connectivity index (χ2n) is 9.33. The van der Waals surface area contributed by atoms with E-state index in [1.165, 1.54) is 7.11 Å². The largest absolute Gasteiger partial charge is 0.489 e. The predicted octanol–water partition coefficient (Wildman–Crippen LogP) is 4.65. The van der Waals surface area contributed by atoms with Crippen molar-refractivity contribution in [2.45, 2.75) is 38.5 Å². The highest BCUT2D eigenvalue weighted by Crippen LogP contribution is 2.33. The summed E-state index contributed by atoms with van der Waals surface area (Å²) in [5, 5.41) is 17.2. The predicted molar refractivity (Wildman–Crippen MR) is 142 cm³/mol. The third-order valence-electron chi connectivity index (χ3n) is 5.74. The molecule has 0 bridgehead atoms. The molecule has 0 aliphatic heterocycles. The van der Waals surface area contributed by atoms with Gasteiger partial charge < -0.3 is 30.4 Å². The number of methoxy groups -OCH3 is 1. The summed E-state index contributed by atoms with van der Waals surface area (Å²) in [6, 6.07) is 20.0. The van der Waals surface area contributed by atoms with Crippen LogP contribution in [-0.4, -0.2) is 43.0 Å². The third kappa shape index (κ3) is 8.30. The number of anilines is 1. The second kappa shape index (κ2) is 12.8. The van der Waals surface area contributed by atoms with Gasteiger partial charge in [-0.25, -0.2) is 10.3 Å². The van der Waals surface area contributed by atoms with Crippen LogP contribution in [0.4, 0.5) is 11.4 Å². The number of nitrogens with two attached hydrogens (primary N) is 1. The number of rotatable bonds is 13. The van der Waals surface area contributed by atoms with Gasteiger partial charge in [-0.2, -0.15) is 5.11 Å². The first-order valence-corrected chi connectivity index (χ1v) is 11.9. The number of nitrogens with one attached hydrogen (secondary N) is 2. The molecule has 5 N–H and O–H groups in total. The Bertz CT molecular complexity index is 1180. The van der Waals surface area contributed by atoms with Gasteiger partial charge in [-0.1, -0.05) is 30.3 Å². The fourth-order valence-corrected chi connectivity index (χ4v) is 3.71. The van der Waals surface area contributed by atoms with E-state index in [0.717, 1.165) is 23.3 Å². The molecule has 0 fully saturated rings. The van der Waals surface area contributed by atoms with Gasteiger partial charge in [0.25, 0.3) is 0 Å². The van der Waals surface area contributed by atoms with E-state index in [9.17, 15) is 9.90 Å². The molecule has 0 radical (unpaired) electrons. The molecule has 9 nitrogen and oxygen atoms in total. The van der Waals surface area contributed by atoms with Gasteiger partial charge in [-0.05, 0) is 67.8 Å². The van der Waals surface area contributed by atoms with Crippen LogP contribution in [0.2, 0.25) is 0 Å². The van der Waals surface area contributed by atoms with Crippen molar-refractivity contribution in [1.82, 2.24) is 5.32 Å². The lowest BCUT2D eigenvalue weighted by Crippen LogP contribution is -2.46. The van der Waals surface area contributed by atoms with E-state index in [1.54, 1.807) is 30.3 Å². The van der Waals surface area contributed by atoms with E-state index < -0.39 is 6.10 Å². The summed E-state index contributed by atoms with van der Waals surface area (Å²) in [7, 11) is 1.36. The monoisotopic (exact) mass is 506 g/mol. The average Bonchev–Trinajstić information content (AvgIpc) is 2.90. The number of nitrogen functional groups attached to an aromatic ring is 1. The first kappa shape index (κ1) is 27.6. The zero-order chi connectivity index (χ0) is 26.8. The zero-order valence-corrected chi connectivity index (χ0v) is 21.4. The minimum atomic E-state index is -0.753. The van der Waals surface area contributed by atoms with Crippen LogP contribution in [0, 0.1) is 5.53 Å². The van der Waals surface area contributed by atoms with Gasteiger partial charge in [0.15, 0.2) is 0 Å². The number of aliphatic hydroxyl groups excluding tert-OH is 1. The minimum absolute atomic E-state index is 0.0481. The molecule has 37 heavy (non-hydrogen) atoms. The molecule has 0 spiro atoms. The molecule has 0 amide bonds. The van der Waals surface area contributed by atoms with Gasteiger partial charge in [0.2, 0.25) is 0 Å². The van der Waals surface area contributed by atoms with E-state index in [2.05, 4.69) is 24.3 Å². The van der Waals surface area contributed by atoms with E-state index in [1.807, 2.05) is 36.4 Å². The average molecular weight is 507 g/mol. The molecule has 196 valence electrons. The molecule has 0 aliphatic carbocycles. The standard InChI is InChI=1S/C28H34N4O5/c1-28(2,31-16-22(33)18-37-25-6-4-5-24(29)26(25)32-30)15-19-9-13-23(14-10-19)36-17-20-7-11-21(12-8-20)27(34)35-3/h4-14,22,30-31,33H,15-18,29H2,1-3H3/t22-/m0/s1. The second-order valence-corrected chi connectivity index (χ2v) is 9.33. The Hall–Kier alpha value is -3.95. The smallest absolute Gasteiger partial charge is 0.337 e. The Kier molecular flexibility index (Phi) is 9.59. The Morgan fingerprint density at radius 2 is 1.73 bits per heavy atom. The fourth-order valence-electron chi connectivity index (χ4n) is 3.71. The number of carbonyl (C=O) groups excluding carboxylic acids is 1. The van der Waals surface area contributed by atoms with Crippen LogP contribution < -0.4 is 20.5 Å². The van der Waals surface area contributed by atoms with Gasteiger partial charge in [0.05, 0.1) is 18.4 Å². The summed E-state index contributed by atoms with van der Waals surface area (Å²) in [6.45, 7) is 4.90. The van der Waals surface area contributed by atoms with Gasteiger partial charge in [0.1, 0.15) is 36.5 Å². The van der Waals surface area contributed by atoms with E-state index in [-0.39, 0.29) is 23.8 Å². The van der Waals surface area contributed by atoms with Crippen LogP contribution in [0.25, 0.3) is 0 Å². The summed E-state index contributed by atoms with van der Waals surface area (Å²) >= 11 is 0. The SMILES string of the molecule is COC(=O)c1ccc(COc2ccc(CC(C)(C)NC[C@H](O)COc3cccc(N)c3N=N)cc2)cc1. The molecule has 0 unspecified atom stereocenters. The maximum Gasteiger partial charge on any atom is 0.337 e. The zero-order valence-electron chi connectivity index (χ0n) is 21.4. The molecule has 0 heterocycles. The number of aliphatic hydroxyl groups is 1. The topological polar surface area (TPSA) is 139 Å². The number of esters is 1. The number of benzene rings is 3. The molecule has 3 aromatic rings. The Morgan fingerprint density at radius 3 is 2.38 bits per heavy atom. The normalized spacial score (nSPS) is 12.0. The maximum atomic E-state index is 11.5. The number of para-hydroxylation sites is 1. The number of β-amino-alcohol motifs (C(OH)–C–C–N with tert-alkyl or cyclic N) is 1. The van der Waals surface area contributed by atoms with Crippen molar-refractivity contribution >= 4 is 17.3 Å². The van der Waals surface area contributed by atoms with Gasteiger partial charge in [0, 0.05) is 12.1 Å². The number of carbonyl (C=O) groups is 1. The molecule has 0 saturated heterocycles. The fraction of sp³-hybridized carbons (Fsp3) is 0.321. The van der Waals surface area contributed by atoms with Crippen molar-refractivity contribution in [1.29, 1.82) is 5.53 Å². The quantitative estimate of drug-likeness (QED) is 0.150. The van der Waals surface area contributed by atoms with Crippen LogP contribution in [0.5, 0.6) is 11.5 Å². The van der Waals surface area contributed by atoms with Crippen molar-refractivity contribution in [3.05, 3.63) is 83.4 Å². The number of hydrogen-bond donors (Lipinski definition) is 4. The third-order valence-corrected chi connectivity index (χ3v) is 5.74. The summed E-state index contributed by atoms with van der Waals surface area (Å²) in [5.74, 6) is 0.754. The molecule has 9 heteroatoms. The highest BCUT2D eigenvalue weighted by atomic mass is 16.5. The molecule has 3 rings (SSSR count).